The molecule has 1 aromatic rings. The van der Waals surface area contributed by atoms with Gasteiger partial charge in [-0.25, -0.2) is 4.79 Å². The van der Waals surface area contributed by atoms with Crippen LogP contribution in [0.4, 0.5) is 0 Å². The van der Waals surface area contributed by atoms with Gasteiger partial charge < -0.3 is 4.74 Å². The highest BCUT2D eigenvalue weighted by Crippen LogP contribution is 2.37. The predicted molar refractivity (Wildman–Crippen MR) is 79.7 cm³/mol. The maximum atomic E-state index is 12.5. The lowest BCUT2D eigenvalue weighted by molar-refractivity contribution is -0.151. The highest BCUT2D eigenvalue weighted by molar-refractivity contribution is 5.84. The van der Waals surface area contributed by atoms with Gasteiger partial charge in [0, 0.05) is 11.5 Å². The van der Waals surface area contributed by atoms with Gasteiger partial charge >= 0.3 is 5.97 Å². The lowest BCUT2D eigenvalue weighted by Gasteiger charge is -2.29. The summed E-state index contributed by atoms with van der Waals surface area (Å²) in [5, 5.41) is 6.85. The van der Waals surface area contributed by atoms with Gasteiger partial charge in [0.15, 0.2) is 0 Å². The molecule has 1 aliphatic carbocycles. The van der Waals surface area contributed by atoms with E-state index in [0.717, 1.165) is 12.0 Å². The minimum atomic E-state index is -0.761. The molecule has 2 rings (SSSR count). The third-order valence-electron chi connectivity index (χ3n) is 3.80. The summed E-state index contributed by atoms with van der Waals surface area (Å²) in [6.45, 7) is 3.20. The molecule has 1 N–H and O–H groups in total. The summed E-state index contributed by atoms with van der Waals surface area (Å²) >= 11 is 0. The minimum absolute atomic E-state index is 0.223. The van der Waals surface area contributed by atoms with Crippen molar-refractivity contribution in [3.8, 4) is 0 Å². The van der Waals surface area contributed by atoms with Crippen molar-refractivity contribution in [2.45, 2.75) is 31.7 Å². The maximum absolute atomic E-state index is 12.5. The van der Waals surface area contributed by atoms with E-state index in [4.69, 9.17) is 10.3 Å². The number of nitrogens with one attached hydrogen (secondary N) is 1. The number of nitrogens with zero attached hydrogens (tertiary/aromatic N) is 3. The van der Waals surface area contributed by atoms with Crippen LogP contribution in [0, 0.1) is 0 Å². The summed E-state index contributed by atoms with van der Waals surface area (Å²) in [4.78, 5) is 15.2. The number of fused-ring (bicyclic) bond motifs is 1. The molecule has 0 fully saturated rings. The van der Waals surface area contributed by atoms with Gasteiger partial charge in [-0.2, -0.15) is 0 Å². The number of azide groups is 1. The molecule has 0 aromatic heterocycles. The molecule has 112 valence electrons. The average molecular weight is 288 g/mol. The smallest absolute Gasteiger partial charge is 0.331 e. The van der Waals surface area contributed by atoms with Crippen LogP contribution in [0.1, 0.15) is 30.9 Å². The number of carbonyl (C=O) groups excluding carboxylic acids is 1. The second kappa shape index (κ2) is 7.11. The molecule has 0 heterocycles. The predicted octanol–water partition coefficient (Wildman–Crippen LogP) is 2.68. The van der Waals surface area contributed by atoms with E-state index in [1.165, 1.54) is 5.56 Å². The van der Waals surface area contributed by atoms with Gasteiger partial charge in [-0.15, -0.1) is 0 Å². The molecule has 1 atom stereocenters. The third kappa shape index (κ3) is 3.17. The Morgan fingerprint density at radius 2 is 2.33 bits per heavy atom. The molecule has 0 amide bonds. The zero-order valence-corrected chi connectivity index (χ0v) is 12.2. The first-order chi connectivity index (χ1) is 10.2. The van der Waals surface area contributed by atoms with Crippen LogP contribution in [0.3, 0.4) is 0 Å². The first-order valence-electron chi connectivity index (χ1n) is 7.26. The Balaban J connectivity index is 2.17. The number of benzene rings is 1. The molecular formula is C15H20N4O2. The van der Waals surface area contributed by atoms with Crippen molar-refractivity contribution in [1.29, 1.82) is 0 Å². The summed E-state index contributed by atoms with van der Waals surface area (Å²) in [6.07, 6.45) is 2.25. The van der Waals surface area contributed by atoms with Crippen molar-refractivity contribution in [2.24, 2.45) is 5.11 Å². The van der Waals surface area contributed by atoms with E-state index in [0.29, 0.717) is 32.5 Å². The van der Waals surface area contributed by atoms with Gasteiger partial charge in [-0.3, -0.25) is 5.32 Å². The van der Waals surface area contributed by atoms with Gasteiger partial charge in [0.1, 0.15) is 5.54 Å². The zero-order chi connectivity index (χ0) is 15.1. The average Bonchev–Trinajstić information content (AvgIpc) is 2.88. The Morgan fingerprint density at radius 3 is 3.10 bits per heavy atom. The molecule has 6 nitrogen and oxygen atoms in total. The van der Waals surface area contributed by atoms with E-state index in [9.17, 15) is 4.79 Å². The van der Waals surface area contributed by atoms with Gasteiger partial charge in [-0.1, -0.05) is 29.4 Å². The van der Waals surface area contributed by atoms with E-state index < -0.39 is 5.54 Å². The maximum Gasteiger partial charge on any atom is 0.331 e. The Kier molecular flexibility index (Phi) is 5.20. The molecule has 0 aliphatic heterocycles. The summed E-state index contributed by atoms with van der Waals surface area (Å²) in [7, 11) is 0. The Bertz CT molecular complexity index is 554. The lowest BCUT2D eigenvalue weighted by atomic mass is 9.91. The molecule has 0 saturated carbocycles. The van der Waals surface area contributed by atoms with Crippen LogP contribution in [-0.2, 0) is 21.5 Å². The largest absolute Gasteiger partial charge is 0.464 e. The first-order valence-corrected chi connectivity index (χ1v) is 7.26. The molecule has 21 heavy (non-hydrogen) atoms. The normalized spacial score (nSPS) is 19.7. The fourth-order valence-electron chi connectivity index (χ4n) is 2.83. The molecule has 0 bridgehead atoms. The lowest BCUT2D eigenvalue weighted by Crippen LogP contribution is -2.49. The molecule has 0 spiro atoms. The van der Waals surface area contributed by atoms with Crippen LogP contribution in [-0.4, -0.2) is 25.7 Å². The van der Waals surface area contributed by atoms with Gasteiger partial charge in [0.05, 0.1) is 6.61 Å². The molecule has 0 radical (unpaired) electrons. The highest BCUT2D eigenvalue weighted by atomic mass is 16.5. The monoisotopic (exact) mass is 288 g/mol. The van der Waals surface area contributed by atoms with Gasteiger partial charge in [0.25, 0.3) is 0 Å². The zero-order valence-electron chi connectivity index (χ0n) is 12.2. The number of esters is 1. The Hall–Kier alpha value is -2.04. The van der Waals surface area contributed by atoms with Crippen LogP contribution in [0.2, 0.25) is 0 Å². The van der Waals surface area contributed by atoms with Crippen LogP contribution in [0.5, 0.6) is 0 Å². The summed E-state index contributed by atoms with van der Waals surface area (Å²) in [6, 6.07) is 7.97. The van der Waals surface area contributed by atoms with Gasteiger partial charge in [-0.05, 0) is 49.4 Å². The van der Waals surface area contributed by atoms with Crippen molar-refractivity contribution in [3.63, 3.8) is 0 Å². The standard InChI is InChI=1S/C15H20N4O2/c1-2-21-14(20)15(17-10-5-11-18-19-16)9-8-12-6-3-4-7-13(12)15/h3-4,6-7,17H,2,5,8-11H2,1H3. The van der Waals surface area contributed by atoms with Crippen molar-refractivity contribution >= 4 is 5.97 Å². The van der Waals surface area contributed by atoms with Crippen LogP contribution in [0.15, 0.2) is 29.4 Å². The van der Waals surface area contributed by atoms with E-state index >= 15 is 0 Å². The molecule has 0 saturated heterocycles. The third-order valence-corrected chi connectivity index (χ3v) is 3.80. The van der Waals surface area contributed by atoms with E-state index in [2.05, 4.69) is 21.4 Å². The molecular weight excluding hydrogens is 268 g/mol. The first kappa shape index (κ1) is 15.4. The van der Waals surface area contributed by atoms with Crippen molar-refractivity contribution < 1.29 is 9.53 Å². The Labute approximate surface area is 124 Å². The second-order valence-electron chi connectivity index (χ2n) is 5.02. The number of hydrogen-bond acceptors (Lipinski definition) is 4. The topological polar surface area (TPSA) is 87.1 Å². The fourth-order valence-corrected chi connectivity index (χ4v) is 2.83. The van der Waals surface area contributed by atoms with Gasteiger partial charge in [0.2, 0.25) is 0 Å². The van der Waals surface area contributed by atoms with Crippen LogP contribution >= 0.6 is 0 Å². The fraction of sp³-hybridized carbons (Fsp3) is 0.533. The molecule has 1 aromatic carbocycles. The summed E-state index contributed by atoms with van der Waals surface area (Å²) in [5.74, 6) is -0.223. The SMILES string of the molecule is CCOC(=O)C1(NCCCN=[N+]=[N-])CCc2ccccc21. The molecule has 1 unspecified atom stereocenters. The highest BCUT2D eigenvalue weighted by Gasteiger charge is 2.45. The number of rotatable bonds is 7. The number of carbonyl (C=O) groups is 1. The van der Waals surface area contributed by atoms with Crippen LogP contribution < -0.4 is 5.32 Å². The molecule has 1 aliphatic rings. The molecule has 6 heteroatoms. The summed E-state index contributed by atoms with van der Waals surface area (Å²) < 4.78 is 5.28. The van der Waals surface area contributed by atoms with Crippen molar-refractivity contribution in [1.82, 2.24) is 5.32 Å². The second-order valence-corrected chi connectivity index (χ2v) is 5.02. The number of ether oxygens (including phenoxy) is 1. The van der Waals surface area contributed by atoms with Crippen molar-refractivity contribution in [2.75, 3.05) is 19.7 Å². The van der Waals surface area contributed by atoms with Crippen molar-refractivity contribution in [3.05, 3.63) is 45.8 Å². The summed E-state index contributed by atoms with van der Waals surface area (Å²) in [5.41, 5.74) is 9.71. The Morgan fingerprint density at radius 1 is 1.52 bits per heavy atom. The minimum Gasteiger partial charge on any atom is -0.464 e. The number of hydrogen-bond donors (Lipinski definition) is 1. The van der Waals surface area contributed by atoms with E-state index in [1.54, 1.807) is 0 Å². The van der Waals surface area contributed by atoms with E-state index in [-0.39, 0.29) is 5.97 Å². The number of aryl methyl sites for hydroxylation is 1. The van der Waals surface area contributed by atoms with E-state index in [1.807, 2.05) is 25.1 Å². The quantitative estimate of drug-likeness (QED) is 0.275. The van der Waals surface area contributed by atoms with Crippen LogP contribution in [0.25, 0.3) is 10.4 Å².